The van der Waals surface area contributed by atoms with Gasteiger partial charge in [-0.3, -0.25) is 4.90 Å². The molecule has 2 nitrogen and oxygen atoms in total. The first-order chi connectivity index (χ1) is 6.47. The van der Waals surface area contributed by atoms with E-state index in [0.717, 1.165) is 12.5 Å². The Hall–Kier alpha value is -0.0800. The lowest BCUT2D eigenvalue weighted by Gasteiger charge is -2.47. The Morgan fingerprint density at radius 2 is 2.07 bits per heavy atom. The summed E-state index contributed by atoms with van der Waals surface area (Å²) >= 11 is 0. The molecule has 0 aromatic carbocycles. The fourth-order valence-corrected chi connectivity index (χ4v) is 2.15. The van der Waals surface area contributed by atoms with Gasteiger partial charge in [-0.15, -0.1) is 0 Å². The van der Waals surface area contributed by atoms with Crippen molar-refractivity contribution in [3.63, 3.8) is 0 Å². The van der Waals surface area contributed by atoms with E-state index < -0.39 is 0 Å². The summed E-state index contributed by atoms with van der Waals surface area (Å²) in [5.41, 5.74) is 0.335. The molecule has 1 aliphatic heterocycles. The normalized spacial score (nSPS) is 28.3. The molecule has 0 aliphatic carbocycles. The second-order valence-corrected chi connectivity index (χ2v) is 5.49. The smallest absolute Gasteiger partial charge is 0.0278 e. The van der Waals surface area contributed by atoms with Crippen molar-refractivity contribution in [3.05, 3.63) is 0 Å². The van der Waals surface area contributed by atoms with E-state index >= 15 is 0 Å². The number of nitrogens with zero attached hydrogens (tertiary/aromatic N) is 1. The summed E-state index contributed by atoms with van der Waals surface area (Å²) in [6.45, 7) is 15.1. The largest absolute Gasteiger partial charge is 0.311 e. The Morgan fingerprint density at radius 3 is 2.57 bits per heavy atom. The maximum Gasteiger partial charge on any atom is 0.0278 e. The van der Waals surface area contributed by atoms with Gasteiger partial charge in [-0.1, -0.05) is 20.8 Å². The summed E-state index contributed by atoms with van der Waals surface area (Å²) in [5, 5.41) is 3.66. The Kier molecular flexibility index (Phi) is 3.96. The van der Waals surface area contributed by atoms with Crippen LogP contribution in [-0.2, 0) is 0 Å². The molecule has 14 heavy (non-hydrogen) atoms. The lowest BCUT2D eigenvalue weighted by atomic mass is 9.93. The summed E-state index contributed by atoms with van der Waals surface area (Å²) in [5.74, 6) is 0.741. The molecule has 1 aliphatic rings. The molecule has 0 saturated carbocycles. The van der Waals surface area contributed by atoms with Gasteiger partial charge in [0.15, 0.2) is 0 Å². The van der Waals surface area contributed by atoms with Crippen LogP contribution < -0.4 is 5.32 Å². The molecule has 2 heteroatoms. The SMILES string of the molecule is CCCN1CC(C(C)C)NCC1(C)C. The van der Waals surface area contributed by atoms with Crippen LogP contribution in [0.2, 0.25) is 0 Å². The van der Waals surface area contributed by atoms with Crippen molar-refractivity contribution in [2.75, 3.05) is 19.6 Å². The topological polar surface area (TPSA) is 15.3 Å². The molecule has 0 aromatic heterocycles. The van der Waals surface area contributed by atoms with Gasteiger partial charge >= 0.3 is 0 Å². The average Bonchev–Trinajstić information content (AvgIpc) is 2.08. The van der Waals surface area contributed by atoms with Gasteiger partial charge in [0, 0.05) is 24.7 Å². The van der Waals surface area contributed by atoms with Gasteiger partial charge in [0.05, 0.1) is 0 Å². The highest BCUT2D eigenvalue weighted by Crippen LogP contribution is 2.21. The zero-order valence-electron chi connectivity index (χ0n) is 10.4. The van der Waals surface area contributed by atoms with E-state index in [1.165, 1.54) is 19.5 Å². The Bertz CT molecular complexity index is 175. The molecule has 1 rings (SSSR count). The minimum absolute atomic E-state index is 0.335. The molecule has 1 saturated heterocycles. The van der Waals surface area contributed by atoms with Crippen molar-refractivity contribution in [2.45, 2.75) is 52.6 Å². The van der Waals surface area contributed by atoms with E-state index in [-0.39, 0.29) is 0 Å². The van der Waals surface area contributed by atoms with Crippen LogP contribution in [0.5, 0.6) is 0 Å². The number of rotatable bonds is 3. The Balaban J connectivity index is 2.58. The van der Waals surface area contributed by atoms with Crippen molar-refractivity contribution >= 4 is 0 Å². The van der Waals surface area contributed by atoms with Gasteiger partial charge in [0.2, 0.25) is 0 Å². The molecule has 1 heterocycles. The predicted molar refractivity (Wildman–Crippen MR) is 62.6 cm³/mol. The van der Waals surface area contributed by atoms with E-state index in [1.54, 1.807) is 0 Å². The lowest BCUT2D eigenvalue weighted by Crippen LogP contribution is -2.63. The first-order valence-electron chi connectivity index (χ1n) is 5.96. The van der Waals surface area contributed by atoms with Crippen LogP contribution in [0.25, 0.3) is 0 Å². The first kappa shape index (κ1) is 12.0. The molecule has 0 radical (unpaired) electrons. The third-order valence-electron chi connectivity index (χ3n) is 3.37. The van der Waals surface area contributed by atoms with E-state index in [4.69, 9.17) is 0 Å². The van der Waals surface area contributed by atoms with Crippen LogP contribution >= 0.6 is 0 Å². The van der Waals surface area contributed by atoms with Crippen molar-refractivity contribution in [1.82, 2.24) is 10.2 Å². The third-order valence-corrected chi connectivity index (χ3v) is 3.37. The standard InChI is InChI=1S/C12H26N2/c1-6-7-14-8-11(10(2)3)13-9-12(14,4)5/h10-11,13H,6-9H2,1-5H3. The highest BCUT2D eigenvalue weighted by Gasteiger charge is 2.33. The van der Waals surface area contributed by atoms with Crippen molar-refractivity contribution in [3.8, 4) is 0 Å². The van der Waals surface area contributed by atoms with Gasteiger partial charge in [-0.25, -0.2) is 0 Å². The maximum absolute atomic E-state index is 3.66. The number of hydrogen-bond donors (Lipinski definition) is 1. The lowest BCUT2D eigenvalue weighted by molar-refractivity contribution is 0.0548. The summed E-state index contributed by atoms with van der Waals surface area (Å²) in [6.07, 6.45) is 1.26. The predicted octanol–water partition coefficient (Wildman–Crippen LogP) is 2.10. The van der Waals surface area contributed by atoms with Gasteiger partial charge < -0.3 is 5.32 Å². The monoisotopic (exact) mass is 198 g/mol. The fraction of sp³-hybridized carbons (Fsp3) is 1.00. The minimum Gasteiger partial charge on any atom is -0.311 e. The van der Waals surface area contributed by atoms with Gasteiger partial charge in [-0.2, -0.15) is 0 Å². The van der Waals surface area contributed by atoms with Gasteiger partial charge in [0.1, 0.15) is 0 Å². The molecule has 1 atom stereocenters. The van der Waals surface area contributed by atoms with Crippen molar-refractivity contribution < 1.29 is 0 Å². The first-order valence-corrected chi connectivity index (χ1v) is 5.96. The van der Waals surface area contributed by atoms with Crippen LogP contribution in [0.15, 0.2) is 0 Å². The van der Waals surface area contributed by atoms with Crippen molar-refractivity contribution in [1.29, 1.82) is 0 Å². The summed E-state index contributed by atoms with van der Waals surface area (Å²) in [6, 6.07) is 0.676. The third kappa shape index (κ3) is 2.71. The van der Waals surface area contributed by atoms with E-state index in [2.05, 4.69) is 44.8 Å². The number of nitrogens with one attached hydrogen (secondary N) is 1. The fourth-order valence-electron chi connectivity index (χ4n) is 2.15. The van der Waals surface area contributed by atoms with E-state index in [1.807, 2.05) is 0 Å². The zero-order valence-corrected chi connectivity index (χ0v) is 10.4. The summed E-state index contributed by atoms with van der Waals surface area (Å²) in [7, 11) is 0. The average molecular weight is 198 g/mol. The molecular weight excluding hydrogens is 172 g/mol. The summed E-state index contributed by atoms with van der Waals surface area (Å²) < 4.78 is 0. The summed E-state index contributed by atoms with van der Waals surface area (Å²) in [4.78, 5) is 2.63. The van der Waals surface area contributed by atoms with Gasteiger partial charge in [-0.05, 0) is 32.7 Å². The minimum atomic E-state index is 0.335. The van der Waals surface area contributed by atoms with E-state index in [0.29, 0.717) is 11.6 Å². The van der Waals surface area contributed by atoms with Crippen LogP contribution in [-0.4, -0.2) is 36.1 Å². The van der Waals surface area contributed by atoms with Gasteiger partial charge in [0.25, 0.3) is 0 Å². The second-order valence-electron chi connectivity index (χ2n) is 5.49. The molecule has 0 bridgehead atoms. The highest BCUT2D eigenvalue weighted by atomic mass is 15.3. The Morgan fingerprint density at radius 1 is 1.43 bits per heavy atom. The molecule has 1 fully saturated rings. The molecule has 0 amide bonds. The second kappa shape index (κ2) is 4.63. The number of hydrogen-bond acceptors (Lipinski definition) is 2. The quantitative estimate of drug-likeness (QED) is 0.747. The number of piperazine rings is 1. The molecule has 84 valence electrons. The van der Waals surface area contributed by atoms with Crippen LogP contribution in [0, 0.1) is 5.92 Å². The highest BCUT2D eigenvalue weighted by molar-refractivity contribution is 4.93. The zero-order chi connectivity index (χ0) is 10.8. The Labute approximate surface area is 89.1 Å². The molecule has 1 N–H and O–H groups in total. The molecular formula is C12H26N2. The maximum atomic E-state index is 3.66. The van der Waals surface area contributed by atoms with Crippen LogP contribution in [0.4, 0.5) is 0 Å². The van der Waals surface area contributed by atoms with E-state index in [9.17, 15) is 0 Å². The molecule has 0 aromatic rings. The van der Waals surface area contributed by atoms with Crippen molar-refractivity contribution in [2.24, 2.45) is 5.92 Å². The molecule has 1 unspecified atom stereocenters. The van der Waals surface area contributed by atoms with Crippen LogP contribution in [0.3, 0.4) is 0 Å². The molecule has 0 spiro atoms. The van der Waals surface area contributed by atoms with Crippen LogP contribution in [0.1, 0.15) is 41.0 Å².